The maximum atomic E-state index is 12.9. The van der Waals surface area contributed by atoms with Crippen molar-refractivity contribution in [2.75, 3.05) is 13.2 Å². The van der Waals surface area contributed by atoms with E-state index in [0.29, 0.717) is 19.3 Å². The van der Waals surface area contributed by atoms with Crippen LogP contribution in [0.3, 0.4) is 0 Å². The van der Waals surface area contributed by atoms with E-state index in [4.69, 9.17) is 14.2 Å². The summed E-state index contributed by atoms with van der Waals surface area (Å²) in [5.74, 6) is -0.880. The van der Waals surface area contributed by atoms with Crippen LogP contribution in [0.1, 0.15) is 348 Å². The quantitative estimate of drug-likeness (QED) is 0.0261. The van der Waals surface area contributed by atoms with Crippen molar-refractivity contribution in [3.63, 3.8) is 0 Å². The van der Waals surface area contributed by atoms with Gasteiger partial charge in [-0.25, -0.2) is 0 Å². The molecule has 0 N–H and O–H groups in total. The number of allylic oxidation sites excluding steroid dienone is 10. The van der Waals surface area contributed by atoms with Gasteiger partial charge in [0.25, 0.3) is 0 Å². The van der Waals surface area contributed by atoms with Gasteiger partial charge in [-0.3, -0.25) is 14.4 Å². The molecule has 0 radical (unpaired) electrons. The summed E-state index contributed by atoms with van der Waals surface area (Å²) in [6, 6.07) is 0. The van der Waals surface area contributed by atoms with Crippen molar-refractivity contribution in [3.8, 4) is 0 Å². The molecule has 0 aliphatic carbocycles. The monoisotopic (exact) mass is 1060 g/mol. The lowest BCUT2D eigenvalue weighted by atomic mass is 10.0. The van der Waals surface area contributed by atoms with E-state index in [-0.39, 0.29) is 31.1 Å². The van der Waals surface area contributed by atoms with Crippen molar-refractivity contribution in [3.05, 3.63) is 60.8 Å². The molecule has 0 aliphatic rings. The Balaban J connectivity index is 4.33. The number of hydrogen-bond acceptors (Lipinski definition) is 6. The zero-order valence-corrected chi connectivity index (χ0v) is 50.8. The van der Waals surface area contributed by atoms with Crippen LogP contribution in [0.4, 0.5) is 0 Å². The van der Waals surface area contributed by atoms with E-state index in [0.717, 1.165) is 96.3 Å². The minimum Gasteiger partial charge on any atom is -0.462 e. The predicted molar refractivity (Wildman–Crippen MR) is 330 cm³/mol. The van der Waals surface area contributed by atoms with E-state index in [1.807, 2.05) is 0 Å². The van der Waals surface area contributed by atoms with Gasteiger partial charge in [0, 0.05) is 19.3 Å². The number of hydrogen-bond donors (Lipinski definition) is 0. The zero-order valence-electron chi connectivity index (χ0n) is 50.8. The summed E-state index contributed by atoms with van der Waals surface area (Å²) in [6.45, 7) is 6.62. The molecule has 6 nitrogen and oxygen atoms in total. The average molecular weight is 1060 g/mol. The van der Waals surface area contributed by atoms with Gasteiger partial charge in [-0.15, -0.1) is 0 Å². The maximum absolute atomic E-state index is 12.9. The minimum absolute atomic E-state index is 0.0798. The van der Waals surface area contributed by atoms with Crippen LogP contribution in [0.25, 0.3) is 0 Å². The molecule has 0 aromatic heterocycles. The van der Waals surface area contributed by atoms with Crippen LogP contribution in [-0.4, -0.2) is 37.2 Å². The Morgan fingerprint density at radius 3 is 0.776 bits per heavy atom. The molecule has 0 aromatic carbocycles. The molecular weight excluding hydrogens is 937 g/mol. The minimum atomic E-state index is -0.783. The van der Waals surface area contributed by atoms with Gasteiger partial charge in [-0.1, -0.05) is 306 Å². The van der Waals surface area contributed by atoms with E-state index in [9.17, 15) is 14.4 Å². The molecule has 0 saturated heterocycles. The van der Waals surface area contributed by atoms with E-state index in [1.54, 1.807) is 0 Å². The fraction of sp³-hybridized carbons (Fsp3) is 0.814. The first-order chi connectivity index (χ1) is 37.5. The molecule has 0 bridgehead atoms. The molecule has 0 heterocycles. The van der Waals surface area contributed by atoms with Crippen molar-refractivity contribution in [1.29, 1.82) is 0 Å². The Morgan fingerprint density at radius 1 is 0.263 bits per heavy atom. The molecule has 0 rings (SSSR count). The smallest absolute Gasteiger partial charge is 0.306 e. The SMILES string of the molecule is CCCC/C=C\C/C=C\CCCCCCCC(=O)OCC(COC(=O)CCCCCCCCCC/C=C\C/C=C\C/C=C\CCCCCCC)OC(=O)CCCCCCCCCCCCCCCCCCCCCCC. The fourth-order valence-electron chi connectivity index (χ4n) is 9.70. The summed E-state index contributed by atoms with van der Waals surface area (Å²) in [4.78, 5) is 38.4. The lowest BCUT2D eigenvalue weighted by molar-refractivity contribution is -0.167. The summed E-state index contributed by atoms with van der Waals surface area (Å²) < 4.78 is 16.9. The van der Waals surface area contributed by atoms with E-state index >= 15 is 0 Å². The molecule has 0 amide bonds. The summed E-state index contributed by atoms with van der Waals surface area (Å²) in [5, 5.41) is 0. The van der Waals surface area contributed by atoms with Gasteiger partial charge >= 0.3 is 17.9 Å². The topological polar surface area (TPSA) is 78.9 Å². The Hall–Kier alpha value is -2.89. The molecule has 0 saturated carbocycles. The Kier molecular flexibility index (Phi) is 62.2. The van der Waals surface area contributed by atoms with Gasteiger partial charge in [0.2, 0.25) is 0 Å². The second-order valence-corrected chi connectivity index (χ2v) is 22.4. The van der Waals surface area contributed by atoms with Crippen LogP contribution in [0.2, 0.25) is 0 Å². The van der Waals surface area contributed by atoms with E-state index in [1.165, 1.54) is 212 Å². The van der Waals surface area contributed by atoms with Crippen molar-refractivity contribution < 1.29 is 28.6 Å². The number of carbonyl (C=O) groups is 3. The Morgan fingerprint density at radius 2 is 0.487 bits per heavy atom. The molecule has 0 fully saturated rings. The van der Waals surface area contributed by atoms with Crippen molar-refractivity contribution in [2.45, 2.75) is 354 Å². The maximum Gasteiger partial charge on any atom is 0.306 e. The predicted octanol–water partition coefficient (Wildman–Crippen LogP) is 22.7. The highest BCUT2D eigenvalue weighted by Gasteiger charge is 2.19. The Bertz CT molecular complexity index is 1360. The first-order valence-electron chi connectivity index (χ1n) is 33.3. The first kappa shape index (κ1) is 73.1. The zero-order chi connectivity index (χ0) is 55.0. The van der Waals surface area contributed by atoms with Crippen LogP contribution < -0.4 is 0 Å². The number of rotatable bonds is 61. The lowest BCUT2D eigenvalue weighted by Crippen LogP contribution is -2.30. The molecule has 1 unspecified atom stereocenters. The molecule has 0 aliphatic heterocycles. The van der Waals surface area contributed by atoms with Crippen LogP contribution in [-0.2, 0) is 28.6 Å². The molecule has 76 heavy (non-hydrogen) atoms. The number of ether oxygens (including phenoxy) is 3. The summed E-state index contributed by atoms with van der Waals surface area (Å²) in [5.41, 5.74) is 0. The highest BCUT2D eigenvalue weighted by Crippen LogP contribution is 2.17. The molecule has 0 aromatic rings. The van der Waals surface area contributed by atoms with Crippen molar-refractivity contribution in [1.82, 2.24) is 0 Å². The van der Waals surface area contributed by atoms with Crippen LogP contribution in [0.5, 0.6) is 0 Å². The molecule has 442 valence electrons. The fourth-order valence-corrected chi connectivity index (χ4v) is 9.70. The van der Waals surface area contributed by atoms with Gasteiger partial charge in [0.1, 0.15) is 13.2 Å². The Labute approximate surface area is 472 Å². The molecule has 1 atom stereocenters. The van der Waals surface area contributed by atoms with Crippen LogP contribution in [0, 0.1) is 0 Å². The second kappa shape index (κ2) is 64.6. The standard InChI is InChI=1S/C70H126O6/c1-4-7-10-13-16-19-22-25-28-30-32-34-35-37-38-40-42-45-48-51-54-57-60-63-69(72)75-66-67(65-74-68(71)62-59-56-53-50-47-44-27-24-21-18-15-12-9-6-3)76-70(73)64-61-58-55-52-49-46-43-41-39-36-33-31-29-26-23-20-17-14-11-8-5-2/h15,18,22,24-25,27,30,32,35,37,67H,4-14,16-17,19-21,23,26,28-29,31,33-34,36,38-66H2,1-3H3/b18-15-,25-22-,27-24-,32-30-,37-35-. The van der Waals surface area contributed by atoms with Crippen molar-refractivity contribution >= 4 is 17.9 Å². The number of carbonyl (C=O) groups excluding carboxylic acids is 3. The summed E-state index contributed by atoms with van der Waals surface area (Å²) in [7, 11) is 0. The first-order valence-corrected chi connectivity index (χ1v) is 33.3. The third kappa shape index (κ3) is 62.0. The number of unbranched alkanes of at least 4 members (excludes halogenated alkanes) is 40. The third-order valence-corrected chi connectivity index (χ3v) is 14.7. The van der Waals surface area contributed by atoms with Gasteiger partial charge in [0.05, 0.1) is 0 Å². The van der Waals surface area contributed by atoms with Crippen LogP contribution >= 0.6 is 0 Å². The molecular formula is C70H126O6. The average Bonchev–Trinajstić information content (AvgIpc) is 3.42. The molecule has 6 heteroatoms. The third-order valence-electron chi connectivity index (χ3n) is 14.7. The van der Waals surface area contributed by atoms with Crippen LogP contribution in [0.15, 0.2) is 60.8 Å². The molecule has 0 spiro atoms. The van der Waals surface area contributed by atoms with E-state index in [2.05, 4.69) is 81.5 Å². The highest BCUT2D eigenvalue weighted by molar-refractivity contribution is 5.71. The normalized spacial score (nSPS) is 12.4. The largest absolute Gasteiger partial charge is 0.462 e. The highest BCUT2D eigenvalue weighted by atomic mass is 16.6. The lowest BCUT2D eigenvalue weighted by Gasteiger charge is -2.18. The number of esters is 3. The van der Waals surface area contributed by atoms with E-state index < -0.39 is 6.10 Å². The summed E-state index contributed by atoms with van der Waals surface area (Å²) >= 11 is 0. The van der Waals surface area contributed by atoms with Gasteiger partial charge in [0.15, 0.2) is 6.10 Å². The summed E-state index contributed by atoms with van der Waals surface area (Å²) in [6.07, 6.45) is 82.3. The van der Waals surface area contributed by atoms with Crippen molar-refractivity contribution in [2.24, 2.45) is 0 Å². The van der Waals surface area contributed by atoms with Gasteiger partial charge in [-0.2, -0.15) is 0 Å². The second-order valence-electron chi connectivity index (χ2n) is 22.4. The van der Waals surface area contributed by atoms with Gasteiger partial charge < -0.3 is 14.2 Å². The van der Waals surface area contributed by atoms with Gasteiger partial charge in [-0.05, 0) is 83.5 Å².